The second-order valence-corrected chi connectivity index (χ2v) is 12.2. The Morgan fingerprint density at radius 2 is 1.60 bits per heavy atom. The molecular weight excluding hydrogens is 490 g/mol. The van der Waals surface area contributed by atoms with Crippen molar-refractivity contribution in [3.63, 3.8) is 0 Å². The Kier molecular flexibility index (Phi) is 8.58. The lowest BCUT2D eigenvalue weighted by Gasteiger charge is -2.26. The molecule has 0 atom stereocenters. The highest BCUT2D eigenvalue weighted by atomic mass is 32.2. The zero-order chi connectivity index (χ0) is 25.8. The number of hydrogen-bond acceptors (Lipinski definition) is 6. The van der Waals surface area contributed by atoms with Crippen molar-refractivity contribution in [3.05, 3.63) is 47.5 Å². The van der Waals surface area contributed by atoms with Gasteiger partial charge in [0, 0.05) is 31.7 Å². The summed E-state index contributed by atoms with van der Waals surface area (Å²) in [5.74, 6) is -0.277. The molecule has 1 aliphatic rings. The van der Waals surface area contributed by atoms with E-state index in [2.05, 4.69) is 5.32 Å². The standard InChI is InChI=1S/C24H33N3O6S2/c1-5-26(6-2)34(29,30)20-12-13-23(33-4)22(17-20)25-24(28)21-16-19(11-10-18(21)3)35(31,32)27-14-8-7-9-15-27/h10-13,16-17H,5-9,14-15H2,1-4H3,(H,25,28). The Hall–Kier alpha value is -2.47. The van der Waals surface area contributed by atoms with Gasteiger partial charge in [-0.3, -0.25) is 4.79 Å². The smallest absolute Gasteiger partial charge is 0.256 e. The number of ether oxygens (including phenoxy) is 1. The molecule has 0 saturated carbocycles. The molecule has 0 aliphatic carbocycles. The maximum atomic E-state index is 13.2. The molecule has 1 fully saturated rings. The number of amides is 1. The molecule has 0 radical (unpaired) electrons. The highest BCUT2D eigenvalue weighted by Gasteiger charge is 2.28. The number of rotatable bonds is 9. The first-order valence-corrected chi connectivity index (χ1v) is 14.5. The molecule has 11 heteroatoms. The molecule has 1 N–H and O–H groups in total. The van der Waals surface area contributed by atoms with E-state index in [4.69, 9.17) is 4.74 Å². The van der Waals surface area contributed by atoms with Gasteiger partial charge in [-0.25, -0.2) is 16.8 Å². The summed E-state index contributed by atoms with van der Waals surface area (Å²) >= 11 is 0. The normalized spacial score (nSPS) is 15.2. The first-order valence-electron chi connectivity index (χ1n) is 11.7. The number of carbonyl (C=O) groups excluding carboxylic acids is 1. The van der Waals surface area contributed by atoms with Gasteiger partial charge < -0.3 is 10.1 Å². The zero-order valence-electron chi connectivity index (χ0n) is 20.6. The third-order valence-corrected chi connectivity index (χ3v) is 10.1. The van der Waals surface area contributed by atoms with E-state index in [1.165, 1.54) is 46.1 Å². The van der Waals surface area contributed by atoms with E-state index >= 15 is 0 Å². The summed E-state index contributed by atoms with van der Waals surface area (Å²) in [6.07, 6.45) is 2.62. The van der Waals surface area contributed by atoms with Crippen molar-refractivity contribution >= 4 is 31.6 Å². The van der Waals surface area contributed by atoms with Gasteiger partial charge in [0.2, 0.25) is 20.0 Å². The summed E-state index contributed by atoms with van der Waals surface area (Å²) < 4.78 is 60.2. The van der Waals surface area contributed by atoms with E-state index in [0.29, 0.717) is 31.7 Å². The number of carbonyl (C=O) groups is 1. The second kappa shape index (κ2) is 11.1. The number of sulfonamides is 2. The van der Waals surface area contributed by atoms with Gasteiger partial charge in [-0.2, -0.15) is 8.61 Å². The van der Waals surface area contributed by atoms with Crippen molar-refractivity contribution in [2.24, 2.45) is 0 Å². The molecule has 1 heterocycles. The Bertz CT molecular complexity index is 1280. The number of methoxy groups -OCH3 is 1. The summed E-state index contributed by atoms with van der Waals surface area (Å²) in [4.78, 5) is 13.3. The van der Waals surface area contributed by atoms with Crippen LogP contribution in [0, 0.1) is 6.92 Å². The molecule has 1 saturated heterocycles. The largest absolute Gasteiger partial charge is 0.495 e. The van der Waals surface area contributed by atoms with E-state index in [1.807, 2.05) is 0 Å². The van der Waals surface area contributed by atoms with Gasteiger partial charge in [0.25, 0.3) is 5.91 Å². The van der Waals surface area contributed by atoms with Crippen LogP contribution in [0.25, 0.3) is 0 Å². The molecule has 35 heavy (non-hydrogen) atoms. The van der Waals surface area contributed by atoms with E-state index in [0.717, 1.165) is 19.3 Å². The molecule has 1 aliphatic heterocycles. The van der Waals surface area contributed by atoms with E-state index in [-0.39, 0.29) is 26.8 Å². The maximum absolute atomic E-state index is 13.2. The Morgan fingerprint density at radius 1 is 0.971 bits per heavy atom. The van der Waals surface area contributed by atoms with Crippen molar-refractivity contribution in [1.82, 2.24) is 8.61 Å². The molecule has 0 spiro atoms. The van der Waals surface area contributed by atoms with Crippen LogP contribution in [0.2, 0.25) is 0 Å². The van der Waals surface area contributed by atoms with Crippen molar-refractivity contribution in [1.29, 1.82) is 0 Å². The average molecular weight is 524 g/mol. The number of nitrogens with one attached hydrogen (secondary N) is 1. The number of piperidine rings is 1. The van der Waals surface area contributed by atoms with Gasteiger partial charge in [0.05, 0.1) is 22.6 Å². The number of nitrogens with zero attached hydrogens (tertiary/aromatic N) is 2. The summed E-state index contributed by atoms with van der Waals surface area (Å²) in [6, 6.07) is 8.75. The molecule has 9 nitrogen and oxygen atoms in total. The Labute approximate surface area is 208 Å². The number of hydrogen-bond donors (Lipinski definition) is 1. The molecule has 0 unspecified atom stereocenters. The topological polar surface area (TPSA) is 113 Å². The highest BCUT2D eigenvalue weighted by molar-refractivity contribution is 7.89. The van der Waals surface area contributed by atoms with Gasteiger partial charge in [0.15, 0.2) is 0 Å². The van der Waals surface area contributed by atoms with Gasteiger partial charge >= 0.3 is 0 Å². The summed E-state index contributed by atoms with van der Waals surface area (Å²) in [6.45, 7) is 6.76. The Balaban J connectivity index is 1.96. The van der Waals surface area contributed by atoms with Crippen LogP contribution in [-0.4, -0.2) is 64.6 Å². The number of benzene rings is 2. The van der Waals surface area contributed by atoms with Gasteiger partial charge in [-0.1, -0.05) is 26.3 Å². The van der Waals surface area contributed by atoms with Crippen molar-refractivity contribution in [2.45, 2.75) is 49.8 Å². The first-order chi connectivity index (χ1) is 16.6. The molecule has 2 aromatic carbocycles. The first kappa shape index (κ1) is 27.1. The van der Waals surface area contributed by atoms with Crippen molar-refractivity contribution in [2.75, 3.05) is 38.6 Å². The Morgan fingerprint density at radius 3 is 2.20 bits per heavy atom. The van der Waals surface area contributed by atoms with Crippen LogP contribution in [-0.2, 0) is 20.0 Å². The zero-order valence-corrected chi connectivity index (χ0v) is 22.2. The fourth-order valence-corrected chi connectivity index (χ4v) is 7.14. The monoisotopic (exact) mass is 523 g/mol. The fraction of sp³-hybridized carbons (Fsp3) is 0.458. The molecule has 0 bridgehead atoms. The van der Waals surface area contributed by atoms with E-state index in [1.54, 1.807) is 26.8 Å². The minimum atomic E-state index is -3.75. The molecular formula is C24H33N3O6S2. The number of anilines is 1. The summed E-state index contributed by atoms with van der Waals surface area (Å²) in [5, 5.41) is 2.71. The lowest BCUT2D eigenvalue weighted by Crippen LogP contribution is -2.35. The maximum Gasteiger partial charge on any atom is 0.256 e. The van der Waals surface area contributed by atoms with Crippen LogP contribution in [0.1, 0.15) is 49.0 Å². The molecule has 3 rings (SSSR count). The summed E-state index contributed by atoms with van der Waals surface area (Å²) in [5.41, 5.74) is 0.947. The summed E-state index contributed by atoms with van der Waals surface area (Å²) in [7, 11) is -6.06. The van der Waals surface area contributed by atoms with Crippen LogP contribution in [0.3, 0.4) is 0 Å². The van der Waals surface area contributed by atoms with Crippen LogP contribution in [0.5, 0.6) is 5.75 Å². The fourth-order valence-electron chi connectivity index (χ4n) is 4.11. The van der Waals surface area contributed by atoms with Crippen LogP contribution >= 0.6 is 0 Å². The average Bonchev–Trinajstić information content (AvgIpc) is 2.85. The molecule has 0 aromatic heterocycles. The van der Waals surface area contributed by atoms with Crippen LogP contribution in [0.4, 0.5) is 5.69 Å². The molecule has 1 amide bonds. The molecule has 192 valence electrons. The van der Waals surface area contributed by atoms with Crippen molar-refractivity contribution in [3.8, 4) is 5.75 Å². The van der Waals surface area contributed by atoms with Gasteiger partial charge in [0.1, 0.15) is 5.75 Å². The van der Waals surface area contributed by atoms with Crippen LogP contribution < -0.4 is 10.1 Å². The lowest BCUT2D eigenvalue weighted by atomic mass is 10.1. The third-order valence-electron chi connectivity index (χ3n) is 6.17. The second-order valence-electron chi connectivity index (χ2n) is 8.35. The predicted octanol–water partition coefficient (Wildman–Crippen LogP) is 3.46. The minimum Gasteiger partial charge on any atom is -0.495 e. The van der Waals surface area contributed by atoms with Crippen molar-refractivity contribution < 1.29 is 26.4 Å². The third kappa shape index (κ3) is 5.69. The van der Waals surface area contributed by atoms with Gasteiger partial charge in [-0.05, 0) is 55.7 Å². The highest BCUT2D eigenvalue weighted by Crippen LogP contribution is 2.30. The number of aryl methyl sites for hydroxylation is 1. The SMILES string of the molecule is CCN(CC)S(=O)(=O)c1ccc(OC)c(NC(=O)c2cc(S(=O)(=O)N3CCCCC3)ccc2C)c1. The van der Waals surface area contributed by atoms with Gasteiger partial charge in [-0.15, -0.1) is 0 Å². The minimum absolute atomic E-state index is 0.0236. The predicted molar refractivity (Wildman–Crippen MR) is 135 cm³/mol. The van der Waals surface area contributed by atoms with Crippen LogP contribution in [0.15, 0.2) is 46.2 Å². The van der Waals surface area contributed by atoms with E-state index in [9.17, 15) is 21.6 Å². The molecule has 2 aromatic rings. The quantitative estimate of drug-likeness (QED) is 0.539. The van der Waals surface area contributed by atoms with E-state index < -0.39 is 26.0 Å². The lowest BCUT2D eigenvalue weighted by molar-refractivity contribution is 0.102.